The van der Waals surface area contributed by atoms with E-state index in [0.717, 1.165) is 44.8 Å². The molecular formula is C17H29N3O3. The quantitative estimate of drug-likeness (QED) is 0.766. The first kappa shape index (κ1) is 16.7. The SMILES string of the molecule is O=C(CN1CCCCC(O)C1=O)NCC1CCN(C2CC2)CC1. The Morgan fingerprint density at radius 3 is 2.52 bits per heavy atom. The topological polar surface area (TPSA) is 72.9 Å². The molecule has 23 heavy (non-hydrogen) atoms. The second-order valence-corrected chi connectivity index (χ2v) is 7.29. The summed E-state index contributed by atoms with van der Waals surface area (Å²) in [4.78, 5) is 28.2. The fraction of sp³-hybridized carbons (Fsp3) is 0.882. The van der Waals surface area contributed by atoms with Crippen molar-refractivity contribution in [3.8, 4) is 0 Å². The second kappa shape index (κ2) is 7.62. The van der Waals surface area contributed by atoms with Crippen LogP contribution < -0.4 is 5.32 Å². The average molecular weight is 323 g/mol. The van der Waals surface area contributed by atoms with Crippen LogP contribution in [0.5, 0.6) is 0 Å². The summed E-state index contributed by atoms with van der Waals surface area (Å²) >= 11 is 0. The fourth-order valence-electron chi connectivity index (χ4n) is 3.69. The predicted octanol–water partition coefficient (Wildman–Crippen LogP) is 0.350. The molecule has 2 N–H and O–H groups in total. The van der Waals surface area contributed by atoms with E-state index in [1.807, 2.05) is 0 Å². The third-order valence-electron chi connectivity index (χ3n) is 5.39. The van der Waals surface area contributed by atoms with E-state index in [-0.39, 0.29) is 18.4 Å². The molecule has 0 aromatic carbocycles. The van der Waals surface area contributed by atoms with Crippen LogP contribution in [-0.4, -0.2) is 71.6 Å². The molecule has 2 saturated heterocycles. The van der Waals surface area contributed by atoms with E-state index in [4.69, 9.17) is 0 Å². The molecule has 3 fully saturated rings. The van der Waals surface area contributed by atoms with Gasteiger partial charge in [-0.15, -0.1) is 0 Å². The van der Waals surface area contributed by atoms with Crippen molar-refractivity contribution in [2.24, 2.45) is 5.92 Å². The molecule has 2 amide bonds. The summed E-state index contributed by atoms with van der Waals surface area (Å²) in [7, 11) is 0. The molecule has 0 bridgehead atoms. The van der Waals surface area contributed by atoms with E-state index in [1.54, 1.807) is 0 Å². The van der Waals surface area contributed by atoms with Crippen LogP contribution in [-0.2, 0) is 9.59 Å². The van der Waals surface area contributed by atoms with Crippen LogP contribution in [0, 0.1) is 5.92 Å². The number of rotatable bonds is 5. The van der Waals surface area contributed by atoms with Gasteiger partial charge >= 0.3 is 0 Å². The van der Waals surface area contributed by atoms with Gasteiger partial charge in [0, 0.05) is 19.1 Å². The molecule has 1 saturated carbocycles. The summed E-state index contributed by atoms with van der Waals surface area (Å²) in [5.74, 6) is 0.159. The Bertz CT molecular complexity index is 431. The van der Waals surface area contributed by atoms with Crippen LogP contribution in [0.15, 0.2) is 0 Å². The van der Waals surface area contributed by atoms with Crippen LogP contribution in [0.2, 0.25) is 0 Å². The molecule has 0 radical (unpaired) electrons. The standard InChI is InChI=1S/C17H29N3O3/c21-15-3-1-2-8-20(17(15)23)12-16(22)18-11-13-6-9-19(10-7-13)14-4-5-14/h13-15,21H,1-12H2,(H,18,22). The van der Waals surface area contributed by atoms with Gasteiger partial charge in [-0.1, -0.05) is 0 Å². The molecule has 3 aliphatic rings. The van der Waals surface area contributed by atoms with Crippen LogP contribution in [0.3, 0.4) is 0 Å². The first-order chi connectivity index (χ1) is 11.1. The van der Waals surface area contributed by atoms with E-state index in [1.165, 1.54) is 17.7 Å². The first-order valence-corrected chi connectivity index (χ1v) is 9.11. The Kier molecular flexibility index (Phi) is 5.54. The van der Waals surface area contributed by atoms with Crippen LogP contribution in [0.4, 0.5) is 0 Å². The number of likely N-dealkylation sites (tertiary alicyclic amines) is 2. The Morgan fingerprint density at radius 2 is 1.83 bits per heavy atom. The lowest BCUT2D eigenvalue weighted by molar-refractivity contribution is -0.142. The second-order valence-electron chi connectivity index (χ2n) is 7.29. The number of carbonyl (C=O) groups excluding carboxylic acids is 2. The Hall–Kier alpha value is -1.14. The molecule has 130 valence electrons. The molecule has 0 spiro atoms. The number of hydrogen-bond acceptors (Lipinski definition) is 4. The highest BCUT2D eigenvalue weighted by Crippen LogP contribution is 2.30. The maximum absolute atomic E-state index is 12.1. The minimum Gasteiger partial charge on any atom is -0.383 e. The van der Waals surface area contributed by atoms with Crippen LogP contribution >= 0.6 is 0 Å². The summed E-state index contributed by atoms with van der Waals surface area (Å²) in [6, 6.07) is 0.839. The van der Waals surface area contributed by atoms with Gasteiger partial charge in [0.1, 0.15) is 6.10 Å². The van der Waals surface area contributed by atoms with E-state index in [2.05, 4.69) is 10.2 Å². The summed E-state index contributed by atoms with van der Waals surface area (Å²) in [5.41, 5.74) is 0. The molecule has 3 rings (SSSR count). The highest BCUT2D eigenvalue weighted by molar-refractivity contribution is 5.87. The third kappa shape index (κ3) is 4.67. The van der Waals surface area contributed by atoms with Crippen molar-refractivity contribution < 1.29 is 14.7 Å². The van der Waals surface area contributed by atoms with Gasteiger partial charge in [-0.05, 0) is 64.0 Å². The zero-order valence-electron chi connectivity index (χ0n) is 13.9. The number of aliphatic hydroxyl groups is 1. The molecule has 1 atom stereocenters. The Labute approximate surface area is 138 Å². The van der Waals surface area contributed by atoms with E-state index < -0.39 is 6.10 Å². The monoisotopic (exact) mass is 323 g/mol. The van der Waals surface area contributed by atoms with Gasteiger partial charge in [-0.2, -0.15) is 0 Å². The van der Waals surface area contributed by atoms with Crippen molar-refractivity contribution in [1.82, 2.24) is 15.1 Å². The molecule has 6 nitrogen and oxygen atoms in total. The van der Waals surface area contributed by atoms with Crippen molar-refractivity contribution >= 4 is 11.8 Å². The van der Waals surface area contributed by atoms with Gasteiger partial charge in [0.15, 0.2) is 0 Å². The number of piperidine rings is 1. The Balaban J connectivity index is 1.36. The molecule has 0 aromatic rings. The van der Waals surface area contributed by atoms with E-state index >= 15 is 0 Å². The third-order valence-corrected chi connectivity index (χ3v) is 5.39. The number of aliphatic hydroxyl groups excluding tert-OH is 1. The van der Waals surface area contributed by atoms with Gasteiger partial charge in [-0.3, -0.25) is 9.59 Å². The normalized spacial score (nSPS) is 27.8. The zero-order valence-corrected chi connectivity index (χ0v) is 13.9. The zero-order chi connectivity index (χ0) is 16.2. The van der Waals surface area contributed by atoms with Gasteiger partial charge < -0.3 is 20.2 Å². The van der Waals surface area contributed by atoms with Crippen molar-refractivity contribution in [2.45, 2.75) is 57.1 Å². The molecule has 1 unspecified atom stereocenters. The number of hydrogen-bond donors (Lipinski definition) is 2. The number of nitrogens with one attached hydrogen (secondary N) is 1. The predicted molar refractivity (Wildman–Crippen MR) is 86.8 cm³/mol. The number of carbonyl (C=O) groups is 2. The number of nitrogens with zero attached hydrogens (tertiary/aromatic N) is 2. The van der Waals surface area contributed by atoms with Crippen LogP contribution in [0.25, 0.3) is 0 Å². The van der Waals surface area contributed by atoms with Gasteiger partial charge in [-0.25, -0.2) is 0 Å². The Morgan fingerprint density at radius 1 is 1.09 bits per heavy atom. The highest BCUT2D eigenvalue weighted by Gasteiger charge is 2.32. The summed E-state index contributed by atoms with van der Waals surface area (Å²) < 4.78 is 0. The number of amides is 2. The molecular weight excluding hydrogens is 294 g/mol. The molecule has 2 aliphatic heterocycles. The summed E-state index contributed by atoms with van der Waals surface area (Å²) in [6.45, 7) is 3.67. The van der Waals surface area contributed by atoms with Crippen molar-refractivity contribution in [3.05, 3.63) is 0 Å². The van der Waals surface area contributed by atoms with Gasteiger partial charge in [0.25, 0.3) is 5.91 Å². The lowest BCUT2D eigenvalue weighted by Crippen LogP contribution is -2.46. The molecule has 2 heterocycles. The van der Waals surface area contributed by atoms with Crippen molar-refractivity contribution in [3.63, 3.8) is 0 Å². The molecule has 0 aromatic heterocycles. The van der Waals surface area contributed by atoms with E-state index in [0.29, 0.717) is 25.4 Å². The van der Waals surface area contributed by atoms with Gasteiger partial charge in [0.05, 0.1) is 6.54 Å². The lowest BCUT2D eigenvalue weighted by Gasteiger charge is -2.32. The summed E-state index contributed by atoms with van der Waals surface area (Å²) in [5, 5.41) is 12.7. The van der Waals surface area contributed by atoms with Crippen LogP contribution in [0.1, 0.15) is 44.9 Å². The minimum absolute atomic E-state index is 0.0802. The average Bonchev–Trinajstić information content (AvgIpc) is 3.40. The maximum Gasteiger partial charge on any atom is 0.251 e. The highest BCUT2D eigenvalue weighted by atomic mass is 16.3. The minimum atomic E-state index is -0.933. The van der Waals surface area contributed by atoms with Gasteiger partial charge in [0.2, 0.25) is 5.91 Å². The molecule has 6 heteroatoms. The van der Waals surface area contributed by atoms with Crippen molar-refractivity contribution in [2.75, 3.05) is 32.7 Å². The van der Waals surface area contributed by atoms with Crippen molar-refractivity contribution in [1.29, 1.82) is 0 Å². The maximum atomic E-state index is 12.1. The lowest BCUT2D eigenvalue weighted by atomic mass is 9.96. The fourth-order valence-corrected chi connectivity index (χ4v) is 3.69. The largest absolute Gasteiger partial charge is 0.383 e. The first-order valence-electron chi connectivity index (χ1n) is 9.11. The van der Waals surface area contributed by atoms with E-state index in [9.17, 15) is 14.7 Å². The molecule has 1 aliphatic carbocycles. The summed E-state index contributed by atoms with van der Waals surface area (Å²) in [6.07, 6.45) is 6.29. The smallest absolute Gasteiger partial charge is 0.251 e.